The van der Waals surface area contributed by atoms with Crippen LogP contribution in [0.2, 0.25) is 0 Å². The molecule has 0 aliphatic carbocycles. The maximum absolute atomic E-state index is 5.83. The van der Waals surface area contributed by atoms with E-state index in [-0.39, 0.29) is 17.0 Å². The Hall–Kier alpha value is -0.900. The van der Waals surface area contributed by atoms with Gasteiger partial charge in [0.05, 0.1) is 13.7 Å². The van der Waals surface area contributed by atoms with Gasteiger partial charge in [-0.05, 0) is 18.6 Å². The van der Waals surface area contributed by atoms with Gasteiger partial charge in [0.2, 0.25) is 0 Å². The fourth-order valence-electron chi connectivity index (χ4n) is 2.12. The largest absolute Gasteiger partial charge is 0.493 e. The van der Waals surface area contributed by atoms with E-state index in [0.29, 0.717) is 0 Å². The van der Waals surface area contributed by atoms with E-state index >= 15 is 0 Å². The van der Waals surface area contributed by atoms with Gasteiger partial charge in [0, 0.05) is 25.8 Å². The second-order valence-electron chi connectivity index (χ2n) is 5.35. The van der Waals surface area contributed by atoms with E-state index in [1.54, 1.807) is 7.11 Å². The summed E-state index contributed by atoms with van der Waals surface area (Å²) in [6.07, 6.45) is 7.66. The van der Waals surface area contributed by atoms with Crippen molar-refractivity contribution in [2.45, 2.75) is 45.4 Å². The highest BCUT2D eigenvalue weighted by molar-refractivity contribution is 8.93. The van der Waals surface area contributed by atoms with Gasteiger partial charge >= 0.3 is 0 Å². The molecule has 0 amide bonds. The molecule has 0 aliphatic heterocycles. The molecule has 0 aromatic heterocycles. The van der Waals surface area contributed by atoms with Crippen LogP contribution in [0.25, 0.3) is 0 Å². The zero-order valence-electron chi connectivity index (χ0n) is 13.9. The molecule has 1 rings (SSSR count). The number of benzene rings is 1. The molecular weight excluding hydrogens is 330 g/mol. The van der Waals surface area contributed by atoms with Gasteiger partial charge in [0.25, 0.3) is 0 Å². The summed E-state index contributed by atoms with van der Waals surface area (Å²) in [5, 5.41) is 0. The first-order valence-corrected chi connectivity index (χ1v) is 7.67. The molecule has 1 aromatic rings. The number of nitrogens with zero attached hydrogens (tertiary/aromatic N) is 1. The average Bonchev–Trinajstić information content (AvgIpc) is 2.46. The Bertz CT molecular complexity index is 383. The Labute approximate surface area is 140 Å². The van der Waals surface area contributed by atoms with E-state index in [2.05, 4.69) is 17.9 Å². The number of hydrogen-bond acceptors (Lipinski definition) is 3. The van der Waals surface area contributed by atoms with Gasteiger partial charge in [-0.3, -0.25) is 0 Å². The summed E-state index contributed by atoms with van der Waals surface area (Å²) in [5.74, 6) is 1.65. The van der Waals surface area contributed by atoms with E-state index in [4.69, 9.17) is 9.47 Å². The first-order chi connectivity index (χ1) is 9.69. The van der Waals surface area contributed by atoms with Crippen molar-refractivity contribution in [2.24, 2.45) is 0 Å². The zero-order chi connectivity index (χ0) is 14.8. The van der Waals surface area contributed by atoms with Crippen molar-refractivity contribution in [3.8, 4) is 11.5 Å². The second kappa shape index (κ2) is 11.7. The van der Waals surface area contributed by atoms with Gasteiger partial charge in [-0.15, -0.1) is 17.0 Å². The summed E-state index contributed by atoms with van der Waals surface area (Å²) >= 11 is 0. The lowest BCUT2D eigenvalue weighted by Gasteiger charge is -2.16. The van der Waals surface area contributed by atoms with Crippen molar-refractivity contribution in [1.29, 1.82) is 0 Å². The Balaban J connectivity index is 0.00000400. The van der Waals surface area contributed by atoms with Gasteiger partial charge in [-0.25, -0.2) is 0 Å². The summed E-state index contributed by atoms with van der Waals surface area (Å²) < 4.78 is 11.2. The quantitative estimate of drug-likeness (QED) is 0.543. The molecule has 122 valence electrons. The molecule has 3 nitrogen and oxygen atoms in total. The number of methoxy groups -OCH3 is 1. The average molecular weight is 360 g/mol. The van der Waals surface area contributed by atoms with E-state index in [1.807, 2.05) is 26.2 Å². The summed E-state index contributed by atoms with van der Waals surface area (Å²) in [4.78, 5) is 2.06. The van der Waals surface area contributed by atoms with Crippen LogP contribution < -0.4 is 14.4 Å². The highest BCUT2D eigenvalue weighted by Crippen LogP contribution is 2.31. The Morgan fingerprint density at radius 1 is 0.952 bits per heavy atom. The molecule has 0 atom stereocenters. The number of unbranched alkanes of at least 4 members (excludes halogenated alkanes) is 5. The van der Waals surface area contributed by atoms with Crippen molar-refractivity contribution in [3.63, 3.8) is 0 Å². The van der Waals surface area contributed by atoms with Crippen LogP contribution in [-0.2, 0) is 0 Å². The topological polar surface area (TPSA) is 21.7 Å². The lowest BCUT2D eigenvalue weighted by molar-refractivity contribution is 0.284. The number of anilines is 1. The lowest BCUT2D eigenvalue weighted by Crippen LogP contribution is -2.09. The smallest absolute Gasteiger partial charge is 0.162 e. The molecule has 4 heteroatoms. The molecule has 0 saturated carbocycles. The van der Waals surface area contributed by atoms with Crippen LogP contribution in [-0.4, -0.2) is 27.8 Å². The molecule has 21 heavy (non-hydrogen) atoms. The van der Waals surface area contributed by atoms with E-state index in [9.17, 15) is 0 Å². The third kappa shape index (κ3) is 7.60. The van der Waals surface area contributed by atoms with Crippen LogP contribution in [0.15, 0.2) is 18.2 Å². The van der Waals surface area contributed by atoms with Crippen LogP contribution in [0.5, 0.6) is 11.5 Å². The molecule has 0 heterocycles. The molecule has 0 unspecified atom stereocenters. The van der Waals surface area contributed by atoms with Crippen LogP contribution in [0.3, 0.4) is 0 Å². The molecule has 1 aromatic carbocycles. The zero-order valence-corrected chi connectivity index (χ0v) is 15.6. The van der Waals surface area contributed by atoms with Crippen LogP contribution in [0, 0.1) is 0 Å². The number of halogens is 1. The molecule has 0 bridgehead atoms. The van der Waals surface area contributed by atoms with Crippen molar-refractivity contribution >= 4 is 22.7 Å². The third-order valence-corrected chi connectivity index (χ3v) is 3.42. The molecule has 0 spiro atoms. The minimum atomic E-state index is 0. The Morgan fingerprint density at radius 3 is 2.24 bits per heavy atom. The van der Waals surface area contributed by atoms with Crippen molar-refractivity contribution in [1.82, 2.24) is 0 Å². The number of hydrogen-bond donors (Lipinski definition) is 0. The standard InChI is InChI=1S/C17H29NO2.BrH/c1-5-6-7-8-9-10-13-20-16-12-11-15(18(2)3)14-17(16)19-4;/h11-12,14H,5-10,13H2,1-4H3;1H. The normalized spacial score (nSPS) is 9.90. The van der Waals surface area contributed by atoms with E-state index in [0.717, 1.165) is 30.2 Å². The van der Waals surface area contributed by atoms with Crippen molar-refractivity contribution in [2.75, 3.05) is 32.7 Å². The van der Waals surface area contributed by atoms with E-state index < -0.39 is 0 Å². The molecular formula is C17H30BrNO2. The number of ether oxygens (including phenoxy) is 2. The fourth-order valence-corrected chi connectivity index (χ4v) is 2.12. The highest BCUT2D eigenvalue weighted by atomic mass is 79.9. The number of rotatable bonds is 10. The van der Waals surface area contributed by atoms with E-state index in [1.165, 1.54) is 32.1 Å². The first kappa shape index (κ1) is 20.1. The predicted octanol–water partition coefficient (Wildman–Crippen LogP) is 5.08. The Kier molecular flexibility index (Phi) is 11.2. The second-order valence-corrected chi connectivity index (χ2v) is 5.35. The molecule has 0 aliphatic rings. The highest BCUT2D eigenvalue weighted by Gasteiger charge is 2.06. The van der Waals surface area contributed by atoms with Gasteiger partial charge < -0.3 is 14.4 Å². The van der Waals surface area contributed by atoms with Gasteiger partial charge in [0.1, 0.15) is 0 Å². The monoisotopic (exact) mass is 359 g/mol. The van der Waals surface area contributed by atoms with Gasteiger partial charge in [0.15, 0.2) is 11.5 Å². The first-order valence-electron chi connectivity index (χ1n) is 7.67. The summed E-state index contributed by atoms with van der Waals surface area (Å²) in [7, 11) is 5.73. The third-order valence-electron chi connectivity index (χ3n) is 3.42. The van der Waals surface area contributed by atoms with Crippen molar-refractivity contribution < 1.29 is 9.47 Å². The maximum Gasteiger partial charge on any atom is 0.162 e. The summed E-state index contributed by atoms with van der Waals surface area (Å²) in [6.45, 7) is 3.01. The molecule has 0 saturated heterocycles. The summed E-state index contributed by atoms with van der Waals surface area (Å²) in [5.41, 5.74) is 1.12. The maximum atomic E-state index is 5.83. The minimum absolute atomic E-state index is 0. The minimum Gasteiger partial charge on any atom is -0.493 e. The SMILES string of the molecule is Br.CCCCCCCCOc1ccc(N(C)C)cc1OC. The predicted molar refractivity (Wildman–Crippen MR) is 96.5 cm³/mol. The van der Waals surface area contributed by atoms with Crippen LogP contribution in [0.1, 0.15) is 45.4 Å². The lowest BCUT2D eigenvalue weighted by atomic mass is 10.1. The molecule has 0 N–H and O–H groups in total. The van der Waals surface area contributed by atoms with Gasteiger partial charge in [-0.2, -0.15) is 0 Å². The molecule has 0 fully saturated rings. The van der Waals surface area contributed by atoms with Gasteiger partial charge in [-0.1, -0.05) is 39.0 Å². The van der Waals surface area contributed by atoms with Crippen LogP contribution >= 0.6 is 17.0 Å². The molecule has 0 radical (unpaired) electrons. The fraction of sp³-hybridized carbons (Fsp3) is 0.647. The summed E-state index contributed by atoms with van der Waals surface area (Å²) in [6, 6.07) is 6.06. The van der Waals surface area contributed by atoms with Crippen LogP contribution in [0.4, 0.5) is 5.69 Å². The van der Waals surface area contributed by atoms with Crippen molar-refractivity contribution in [3.05, 3.63) is 18.2 Å². The Morgan fingerprint density at radius 2 is 1.62 bits per heavy atom.